The van der Waals surface area contributed by atoms with Crippen LogP contribution in [0.1, 0.15) is 20.8 Å². The summed E-state index contributed by atoms with van der Waals surface area (Å²) in [7, 11) is 0. The van der Waals surface area contributed by atoms with E-state index in [9.17, 15) is 0 Å². The summed E-state index contributed by atoms with van der Waals surface area (Å²) in [5, 5.41) is 6.96. The Morgan fingerprint density at radius 1 is 1.20 bits per heavy atom. The van der Waals surface area contributed by atoms with E-state index >= 15 is 0 Å². The first-order chi connectivity index (χ1) is 4.70. The van der Waals surface area contributed by atoms with E-state index in [1.807, 2.05) is 0 Å². The third-order valence-electron chi connectivity index (χ3n) is 2.18. The summed E-state index contributed by atoms with van der Waals surface area (Å²) in [5.74, 6) is 0.750. The molecule has 2 N–H and O–H groups in total. The molecule has 0 aliphatic carbocycles. The highest BCUT2D eigenvalue weighted by Gasteiger charge is 2.18. The molecule has 1 rings (SSSR count). The highest BCUT2D eigenvalue weighted by Crippen LogP contribution is 2.03. The van der Waals surface area contributed by atoms with Crippen LogP contribution in [0.15, 0.2) is 0 Å². The summed E-state index contributed by atoms with van der Waals surface area (Å²) in [6.07, 6.45) is 0. The molecule has 2 heteroatoms. The average Bonchev–Trinajstić information content (AvgIpc) is 1.88. The van der Waals surface area contributed by atoms with Crippen molar-refractivity contribution in [1.29, 1.82) is 0 Å². The first kappa shape index (κ1) is 8.02. The normalized spacial score (nSPS) is 34.8. The van der Waals surface area contributed by atoms with Gasteiger partial charge in [-0.05, 0) is 12.8 Å². The zero-order valence-electron chi connectivity index (χ0n) is 7.15. The molecule has 0 radical (unpaired) electrons. The number of piperazine rings is 1. The predicted molar refractivity (Wildman–Crippen MR) is 44.1 cm³/mol. The van der Waals surface area contributed by atoms with E-state index in [-0.39, 0.29) is 0 Å². The molecule has 60 valence electrons. The van der Waals surface area contributed by atoms with Gasteiger partial charge in [0.1, 0.15) is 0 Å². The molecule has 0 amide bonds. The Hall–Kier alpha value is -0.0800. The monoisotopic (exact) mass is 142 g/mol. The van der Waals surface area contributed by atoms with Gasteiger partial charge in [0.25, 0.3) is 0 Å². The Morgan fingerprint density at radius 2 is 1.90 bits per heavy atom. The van der Waals surface area contributed by atoms with Gasteiger partial charge in [0, 0.05) is 25.2 Å². The van der Waals surface area contributed by atoms with Gasteiger partial charge in [0.05, 0.1) is 0 Å². The molecule has 1 aliphatic heterocycles. The van der Waals surface area contributed by atoms with Crippen molar-refractivity contribution in [2.45, 2.75) is 32.9 Å². The molecule has 2 nitrogen and oxygen atoms in total. The maximum atomic E-state index is 3.51. The van der Waals surface area contributed by atoms with Crippen molar-refractivity contribution in [3.63, 3.8) is 0 Å². The quantitative estimate of drug-likeness (QED) is 0.560. The SMILES string of the molecule is CC(C)[C@H]1CN[C@@H](C)CN1. The van der Waals surface area contributed by atoms with Crippen LogP contribution in [0.2, 0.25) is 0 Å². The first-order valence-corrected chi connectivity index (χ1v) is 4.17. The summed E-state index contributed by atoms with van der Waals surface area (Å²) in [4.78, 5) is 0. The van der Waals surface area contributed by atoms with Crippen LogP contribution in [-0.2, 0) is 0 Å². The van der Waals surface area contributed by atoms with E-state index in [1.54, 1.807) is 0 Å². The lowest BCUT2D eigenvalue weighted by Crippen LogP contribution is -2.54. The second-order valence-electron chi connectivity index (χ2n) is 3.57. The van der Waals surface area contributed by atoms with Crippen LogP contribution in [0.4, 0.5) is 0 Å². The van der Waals surface area contributed by atoms with E-state index in [2.05, 4.69) is 31.4 Å². The van der Waals surface area contributed by atoms with Gasteiger partial charge in [-0.2, -0.15) is 0 Å². The molecule has 1 fully saturated rings. The molecule has 0 spiro atoms. The predicted octanol–water partition coefficient (Wildman–Crippen LogP) is 0.592. The fourth-order valence-corrected chi connectivity index (χ4v) is 1.27. The third-order valence-corrected chi connectivity index (χ3v) is 2.18. The van der Waals surface area contributed by atoms with E-state index in [1.165, 1.54) is 0 Å². The Labute approximate surface area is 63.4 Å². The van der Waals surface area contributed by atoms with Crippen molar-refractivity contribution in [2.75, 3.05) is 13.1 Å². The minimum atomic E-state index is 0.648. The smallest absolute Gasteiger partial charge is 0.0216 e. The molecule has 10 heavy (non-hydrogen) atoms. The fourth-order valence-electron chi connectivity index (χ4n) is 1.27. The van der Waals surface area contributed by atoms with Crippen LogP contribution < -0.4 is 10.6 Å². The van der Waals surface area contributed by atoms with Crippen molar-refractivity contribution in [1.82, 2.24) is 10.6 Å². The van der Waals surface area contributed by atoms with Crippen LogP contribution in [0.5, 0.6) is 0 Å². The zero-order chi connectivity index (χ0) is 7.56. The van der Waals surface area contributed by atoms with Gasteiger partial charge in [-0.3, -0.25) is 0 Å². The first-order valence-electron chi connectivity index (χ1n) is 4.17. The Balaban J connectivity index is 2.26. The Morgan fingerprint density at radius 3 is 2.30 bits per heavy atom. The van der Waals surface area contributed by atoms with Crippen LogP contribution >= 0.6 is 0 Å². The van der Waals surface area contributed by atoms with Crippen molar-refractivity contribution in [3.8, 4) is 0 Å². The van der Waals surface area contributed by atoms with Gasteiger partial charge in [0.15, 0.2) is 0 Å². The van der Waals surface area contributed by atoms with Gasteiger partial charge < -0.3 is 10.6 Å². The van der Waals surface area contributed by atoms with E-state index in [0.717, 1.165) is 19.0 Å². The molecule has 0 aromatic rings. The molecule has 1 aliphatic rings. The highest BCUT2D eigenvalue weighted by atomic mass is 15.1. The summed E-state index contributed by atoms with van der Waals surface area (Å²) in [6.45, 7) is 8.97. The number of nitrogens with one attached hydrogen (secondary N) is 2. The Bertz CT molecular complexity index is 93.4. The summed E-state index contributed by atoms with van der Waals surface area (Å²) >= 11 is 0. The molecule has 0 unspecified atom stereocenters. The fraction of sp³-hybridized carbons (Fsp3) is 1.00. The Kier molecular flexibility index (Phi) is 2.69. The average molecular weight is 142 g/mol. The van der Waals surface area contributed by atoms with Crippen molar-refractivity contribution < 1.29 is 0 Å². The van der Waals surface area contributed by atoms with E-state index in [4.69, 9.17) is 0 Å². The van der Waals surface area contributed by atoms with Gasteiger partial charge >= 0.3 is 0 Å². The summed E-state index contributed by atoms with van der Waals surface area (Å²) in [5.41, 5.74) is 0. The van der Waals surface area contributed by atoms with Gasteiger partial charge in [-0.15, -0.1) is 0 Å². The lowest BCUT2D eigenvalue weighted by atomic mass is 10.0. The van der Waals surface area contributed by atoms with Crippen molar-refractivity contribution >= 4 is 0 Å². The van der Waals surface area contributed by atoms with Crippen LogP contribution in [0.25, 0.3) is 0 Å². The molecular formula is C8H18N2. The van der Waals surface area contributed by atoms with Crippen molar-refractivity contribution in [3.05, 3.63) is 0 Å². The van der Waals surface area contributed by atoms with E-state index in [0.29, 0.717) is 12.1 Å². The molecule has 0 aromatic heterocycles. The third kappa shape index (κ3) is 1.96. The topological polar surface area (TPSA) is 24.1 Å². The maximum Gasteiger partial charge on any atom is 0.0216 e. The number of hydrogen-bond donors (Lipinski definition) is 2. The van der Waals surface area contributed by atoms with E-state index < -0.39 is 0 Å². The molecular weight excluding hydrogens is 124 g/mol. The van der Waals surface area contributed by atoms with Crippen LogP contribution in [0.3, 0.4) is 0 Å². The maximum absolute atomic E-state index is 3.51. The number of hydrogen-bond acceptors (Lipinski definition) is 2. The lowest BCUT2D eigenvalue weighted by Gasteiger charge is -2.31. The molecule has 0 bridgehead atoms. The second kappa shape index (κ2) is 3.35. The van der Waals surface area contributed by atoms with Crippen LogP contribution in [0, 0.1) is 5.92 Å². The van der Waals surface area contributed by atoms with Gasteiger partial charge in [-0.25, -0.2) is 0 Å². The minimum Gasteiger partial charge on any atom is -0.311 e. The molecule has 2 atom stereocenters. The lowest BCUT2D eigenvalue weighted by molar-refractivity contribution is 0.303. The standard InChI is InChI=1S/C8H18N2/c1-6(2)8-5-9-7(3)4-10-8/h6-10H,4-5H2,1-3H3/t7-,8+/m0/s1. The van der Waals surface area contributed by atoms with Crippen LogP contribution in [-0.4, -0.2) is 25.2 Å². The summed E-state index contributed by atoms with van der Waals surface area (Å²) < 4.78 is 0. The molecule has 0 saturated carbocycles. The zero-order valence-corrected chi connectivity index (χ0v) is 7.15. The minimum absolute atomic E-state index is 0.648. The second-order valence-corrected chi connectivity index (χ2v) is 3.57. The molecule has 1 saturated heterocycles. The van der Waals surface area contributed by atoms with Gasteiger partial charge in [-0.1, -0.05) is 13.8 Å². The highest BCUT2D eigenvalue weighted by molar-refractivity contribution is 4.81. The van der Waals surface area contributed by atoms with Gasteiger partial charge in [0.2, 0.25) is 0 Å². The molecule has 0 aromatic carbocycles. The number of rotatable bonds is 1. The largest absolute Gasteiger partial charge is 0.311 e. The molecule has 1 heterocycles. The van der Waals surface area contributed by atoms with Crippen molar-refractivity contribution in [2.24, 2.45) is 5.92 Å². The summed E-state index contributed by atoms with van der Waals surface area (Å²) in [6, 6.07) is 1.33.